The molecular formula is C17H22N4S. The normalized spacial score (nSPS) is 21.9. The van der Waals surface area contributed by atoms with Crippen molar-refractivity contribution in [3.8, 4) is 11.4 Å². The van der Waals surface area contributed by atoms with Crippen molar-refractivity contribution in [2.45, 2.75) is 38.5 Å². The van der Waals surface area contributed by atoms with Crippen LogP contribution in [0.3, 0.4) is 0 Å². The molecule has 0 saturated carbocycles. The molecule has 0 aromatic carbocycles. The molecule has 0 radical (unpaired) electrons. The molecule has 2 aromatic rings. The van der Waals surface area contributed by atoms with E-state index in [1.165, 1.54) is 0 Å². The average molecular weight is 314 g/mol. The molecule has 1 saturated heterocycles. The molecule has 0 bridgehead atoms. The third-order valence-corrected chi connectivity index (χ3v) is 5.58. The summed E-state index contributed by atoms with van der Waals surface area (Å²) in [6.45, 7) is 7.77. The van der Waals surface area contributed by atoms with E-state index in [9.17, 15) is 0 Å². The second kappa shape index (κ2) is 6.65. The summed E-state index contributed by atoms with van der Waals surface area (Å²) in [5.41, 5.74) is 2.12. The third kappa shape index (κ3) is 3.09. The zero-order valence-electron chi connectivity index (χ0n) is 13.4. The first-order valence-electron chi connectivity index (χ1n) is 7.85. The summed E-state index contributed by atoms with van der Waals surface area (Å²) in [5, 5.41) is 0.623. The predicted molar refractivity (Wildman–Crippen MR) is 93.4 cm³/mol. The minimum absolute atomic E-state index is 0.489. The lowest BCUT2D eigenvalue weighted by atomic mass is 10.2. The van der Waals surface area contributed by atoms with Crippen molar-refractivity contribution in [1.82, 2.24) is 15.0 Å². The van der Waals surface area contributed by atoms with Crippen molar-refractivity contribution in [2.75, 3.05) is 17.2 Å². The molecule has 1 fully saturated rings. The van der Waals surface area contributed by atoms with Gasteiger partial charge in [0.2, 0.25) is 0 Å². The second-order valence-electron chi connectivity index (χ2n) is 5.64. The van der Waals surface area contributed by atoms with Crippen LogP contribution in [0.4, 0.5) is 5.82 Å². The number of rotatable bonds is 3. The molecule has 1 aliphatic rings. The van der Waals surface area contributed by atoms with Crippen molar-refractivity contribution in [1.29, 1.82) is 0 Å². The maximum Gasteiger partial charge on any atom is 0.161 e. The fourth-order valence-electron chi connectivity index (χ4n) is 2.70. The van der Waals surface area contributed by atoms with E-state index in [2.05, 4.69) is 36.7 Å². The number of anilines is 1. The van der Waals surface area contributed by atoms with Gasteiger partial charge in [-0.3, -0.25) is 4.98 Å². The van der Waals surface area contributed by atoms with Gasteiger partial charge in [0.05, 0.1) is 0 Å². The lowest BCUT2D eigenvalue weighted by Gasteiger charge is -2.38. The van der Waals surface area contributed by atoms with Crippen LogP contribution in [-0.2, 0) is 6.42 Å². The highest BCUT2D eigenvalue weighted by Crippen LogP contribution is 2.29. The Labute approximate surface area is 136 Å². The molecule has 2 atom stereocenters. The van der Waals surface area contributed by atoms with Gasteiger partial charge in [0.1, 0.15) is 5.82 Å². The van der Waals surface area contributed by atoms with Crippen LogP contribution in [0.15, 0.2) is 30.6 Å². The van der Waals surface area contributed by atoms with Crippen LogP contribution in [0, 0.1) is 0 Å². The van der Waals surface area contributed by atoms with Crippen molar-refractivity contribution in [3.63, 3.8) is 0 Å². The molecule has 0 amide bonds. The first-order chi connectivity index (χ1) is 10.7. The molecule has 4 nitrogen and oxygen atoms in total. The van der Waals surface area contributed by atoms with E-state index in [1.807, 2.05) is 23.9 Å². The summed E-state index contributed by atoms with van der Waals surface area (Å²) in [7, 11) is 0. The minimum Gasteiger partial charge on any atom is -0.352 e. The Kier molecular flexibility index (Phi) is 4.62. The molecule has 1 aliphatic heterocycles. The fourth-order valence-corrected chi connectivity index (χ4v) is 3.80. The summed E-state index contributed by atoms with van der Waals surface area (Å²) in [4.78, 5) is 16.0. The van der Waals surface area contributed by atoms with Gasteiger partial charge >= 0.3 is 0 Å². The molecule has 3 heterocycles. The van der Waals surface area contributed by atoms with E-state index in [1.54, 1.807) is 12.4 Å². The second-order valence-corrected chi connectivity index (χ2v) is 7.13. The summed E-state index contributed by atoms with van der Waals surface area (Å²) in [5.74, 6) is 3.01. The highest BCUT2D eigenvalue weighted by molar-refractivity contribution is 8.00. The van der Waals surface area contributed by atoms with E-state index >= 15 is 0 Å². The molecular weight excluding hydrogens is 292 g/mol. The molecule has 0 N–H and O–H groups in total. The van der Waals surface area contributed by atoms with Crippen molar-refractivity contribution >= 4 is 17.6 Å². The number of aromatic nitrogens is 3. The van der Waals surface area contributed by atoms with Gasteiger partial charge in [-0.25, -0.2) is 9.97 Å². The van der Waals surface area contributed by atoms with Gasteiger partial charge in [0, 0.05) is 53.3 Å². The lowest BCUT2D eigenvalue weighted by molar-refractivity contribution is 0.619. The number of aryl methyl sites for hydroxylation is 1. The van der Waals surface area contributed by atoms with Crippen molar-refractivity contribution in [3.05, 3.63) is 36.3 Å². The number of hydrogen-bond acceptors (Lipinski definition) is 5. The number of pyridine rings is 1. The Hall–Kier alpha value is -1.62. The van der Waals surface area contributed by atoms with Crippen LogP contribution in [0.2, 0.25) is 0 Å². The topological polar surface area (TPSA) is 41.9 Å². The monoisotopic (exact) mass is 314 g/mol. The minimum atomic E-state index is 0.489. The smallest absolute Gasteiger partial charge is 0.161 e. The van der Waals surface area contributed by atoms with Crippen LogP contribution in [0.5, 0.6) is 0 Å². The van der Waals surface area contributed by atoms with E-state index in [0.29, 0.717) is 11.3 Å². The Bertz CT molecular complexity index is 632. The van der Waals surface area contributed by atoms with Gasteiger partial charge in [-0.2, -0.15) is 11.8 Å². The van der Waals surface area contributed by atoms with Crippen LogP contribution in [-0.4, -0.2) is 38.5 Å². The summed E-state index contributed by atoms with van der Waals surface area (Å²) in [6.07, 6.45) is 4.50. The number of hydrogen-bond donors (Lipinski definition) is 0. The molecule has 2 unspecified atom stereocenters. The fraction of sp³-hybridized carbons (Fsp3) is 0.471. The standard InChI is InChI=1S/C17H22N4S/c1-4-15-11-16(21-9-10-22-13(3)12(21)2)20-17(19-15)14-5-7-18-8-6-14/h5-8,11-13H,4,9-10H2,1-3H3. The van der Waals surface area contributed by atoms with Crippen LogP contribution < -0.4 is 4.90 Å². The zero-order valence-corrected chi connectivity index (χ0v) is 14.2. The summed E-state index contributed by atoms with van der Waals surface area (Å²) < 4.78 is 0. The molecule has 0 spiro atoms. The van der Waals surface area contributed by atoms with E-state index in [0.717, 1.165) is 41.6 Å². The molecule has 2 aromatic heterocycles. The van der Waals surface area contributed by atoms with Crippen molar-refractivity contribution < 1.29 is 0 Å². The molecule has 5 heteroatoms. The molecule has 116 valence electrons. The Balaban J connectivity index is 2.01. The molecule has 0 aliphatic carbocycles. The SMILES string of the molecule is CCc1cc(N2CCSC(C)C2C)nc(-c2ccncc2)n1. The lowest BCUT2D eigenvalue weighted by Crippen LogP contribution is -2.45. The highest BCUT2D eigenvalue weighted by atomic mass is 32.2. The van der Waals surface area contributed by atoms with Gasteiger partial charge in [-0.1, -0.05) is 13.8 Å². The van der Waals surface area contributed by atoms with Gasteiger partial charge in [-0.05, 0) is 25.5 Å². The van der Waals surface area contributed by atoms with Crippen LogP contribution in [0.25, 0.3) is 11.4 Å². The highest BCUT2D eigenvalue weighted by Gasteiger charge is 2.26. The maximum absolute atomic E-state index is 4.84. The Morgan fingerprint density at radius 2 is 2.00 bits per heavy atom. The number of thioether (sulfide) groups is 1. The first kappa shape index (κ1) is 15.3. The van der Waals surface area contributed by atoms with Gasteiger partial charge < -0.3 is 4.90 Å². The van der Waals surface area contributed by atoms with E-state index < -0.39 is 0 Å². The van der Waals surface area contributed by atoms with Gasteiger partial charge in [0.15, 0.2) is 5.82 Å². The zero-order chi connectivity index (χ0) is 15.5. The number of nitrogens with zero attached hydrogens (tertiary/aromatic N) is 4. The first-order valence-corrected chi connectivity index (χ1v) is 8.90. The van der Waals surface area contributed by atoms with Crippen LogP contribution >= 0.6 is 11.8 Å². The van der Waals surface area contributed by atoms with E-state index in [4.69, 9.17) is 9.97 Å². The largest absolute Gasteiger partial charge is 0.352 e. The molecule has 22 heavy (non-hydrogen) atoms. The molecule has 3 rings (SSSR count). The van der Waals surface area contributed by atoms with Gasteiger partial charge in [-0.15, -0.1) is 0 Å². The predicted octanol–water partition coefficient (Wildman–Crippen LogP) is 3.43. The Morgan fingerprint density at radius 3 is 2.73 bits per heavy atom. The van der Waals surface area contributed by atoms with Crippen molar-refractivity contribution in [2.24, 2.45) is 0 Å². The Morgan fingerprint density at radius 1 is 1.23 bits per heavy atom. The van der Waals surface area contributed by atoms with Crippen LogP contribution in [0.1, 0.15) is 26.5 Å². The maximum atomic E-state index is 4.84. The third-order valence-electron chi connectivity index (χ3n) is 4.24. The average Bonchev–Trinajstić information content (AvgIpc) is 2.57. The van der Waals surface area contributed by atoms with E-state index in [-0.39, 0.29) is 0 Å². The summed E-state index contributed by atoms with van der Waals surface area (Å²) >= 11 is 2.04. The quantitative estimate of drug-likeness (QED) is 0.868. The van der Waals surface area contributed by atoms with Gasteiger partial charge in [0.25, 0.3) is 0 Å². The summed E-state index contributed by atoms with van der Waals surface area (Å²) in [6, 6.07) is 6.57.